The summed E-state index contributed by atoms with van der Waals surface area (Å²) in [6, 6.07) is 16.4. The quantitative estimate of drug-likeness (QED) is 0.231. The molecule has 2 heterocycles. The molecule has 2 fully saturated rings. The van der Waals surface area contributed by atoms with Gasteiger partial charge in [-0.15, -0.1) is 11.7 Å². The molecule has 0 aliphatic carbocycles. The monoisotopic (exact) mass is 554 g/mol. The molecular weight excluding hydrogens is 536 g/mol. The van der Waals surface area contributed by atoms with Crippen LogP contribution >= 0.6 is 47.3 Å². The Labute approximate surface area is 226 Å². The summed E-state index contributed by atoms with van der Waals surface area (Å²) < 4.78 is 0.289. The Morgan fingerprint density at radius 3 is 2.25 bits per heavy atom. The lowest BCUT2D eigenvalue weighted by molar-refractivity contribution is -0.128. The molecule has 182 valence electrons. The first-order valence-corrected chi connectivity index (χ1v) is 13.0. The minimum absolute atomic E-state index is 0.220. The first-order valence-electron chi connectivity index (χ1n) is 10.6. The van der Waals surface area contributed by atoms with Crippen LogP contribution in [0.4, 0.5) is 0 Å². The van der Waals surface area contributed by atoms with Crippen molar-refractivity contribution < 1.29 is 14.4 Å². The highest BCUT2D eigenvalue weighted by Crippen LogP contribution is 2.33. The summed E-state index contributed by atoms with van der Waals surface area (Å²) in [7, 11) is 0. The summed E-state index contributed by atoms with van der Waals surface area (Å²) >= 11 is 13.5. The van der Waals surface area contributed by atoms with E-state index in [1.807, 2.05) is 30.3 Å². The van der Waals surface area contributed by atoms with Crippen molar-refractivity contribution in [2.24, 2.45) is 5.10 Å². The number of hydrazone groups is 1. The summed E-state index contributed by atoms with van der Waals surface area (Å²) in [5.41, 5.74) is 4.10. The highest BCUT2D eigenvalue weighted by atomic mass is 35.5. The van der Waals surface area contributed by atoms with E-state index in [9.17, 15) is 14.4 Å². The van der Waals surface area contributed by atoms with Crippen LogP contribution in [-0.4, -0.2) is 50.1 Å². The summed E-state index contributed by atoms with van der Waals surface area (Å²) in [6.45, 7) is 3.61. The molecule has 0 radical (unpaired) electrons. The number of carbonyl (C=O) groups excluding carboxylic acids is 3. The smallest absolute Gasteiger partial charge is 0.267 e. The second-order valence-electron chi connectivity index (χ2n) is 7.47. The van der Waals surface area contributed by atoms with Crippen LogP contribution in [-0.2, 0) is 14.4 Å². The lowest BCUT2D eigenvalue weighted by Gasteiger charge is -2.14. The van der Waals surface area contributed by atoms with Crippen LogP contribution in [0.3, 0.4) is 0 Å². The van der Waals surface area contributed by atoms with Crippen molar-refractivity contribution in [1.82, 2.24) is 15.2 Å². The molecule has 4 rings (SSSR count). The fourth-order valence-corrected chi connectivity index (χ4v) is 5.55. The number of amidine groups is 1. The second-order valence-corrected chi connectivity index (χ2v) is 10.6. The fourth-order valence-electron chi connectivity index (χ4n) is 3.22. The molecule has 1 N–H and O–H groups in total. The van der Waals surface area contributed by atoms with Gasteiger partial charge in [-0.1, -0.05) is 84.1 Å². The van der Waals surface area contributed by atoms with Crippen LogP contribution in [0.25, 0.3) is 12.2 Å². The Balaban J connectivity index is 1.44. The molecule has 2 aliphatic rings. The van der Waals surface area contributed by atoms with Crippen molar-refractivity contribution in [2.45, 2.75) is 0 Å². The van der Waals surface area contributed by atoms with Gasteiger partial charge in [0.15, 0.2) is 5.17 Å². The Hall–Kier alpha value is -3.18. The topological polar surface area (TPSA) is 82.1 Å². The van der Waals surface area contributed by atoms with E-state index >= 15 is 0 Å². The van der Waals surface area contributed by atoms with Crippen molar-refractivity contribution in [3.63, 3.8) is 0 Å². The lowest BCUT2D eigenvalue weighted by atomic mass is 10.2. The maximum absolute atomic E-state index is 12.9. The van der Waals surface area contributed by atoms with E-state index in [0.29, 0.717) is 20.0 Å². The van der Waals surface area contributed by atoms with Crippen molar-refractivity contribution in [1.29, 1.82) is 0 Å². The molecule has 2 aromatic carbocycles. The van der Waals surface area contributed by atoms with Gasteiger partial charge < -0.3 is 0 Å². The minimum atomic E-state index is -0.540. The number of nitrogens with zero attached hydrogens (tertiary/aromatic N) is 3. The van der Waals surface area contributed by atoms with Gasteiger partial charge in [0, 0.05) is 11.6 Å². The van der Waals surface area contributed by atoms with E-state index in [0.717, 1.165) is 34.7 Å². The molecule has 0 unspecified atom stereocenters. The van der Waals surface area contributed by atoms with E-state index in [4.69, 9.17) is 23.8 Å². The predicted octanol–water partition coefficient (Wildman–Crippen LogP) is 4.73. The molecule has 0 aromatic heterocycles. The van der Waals surface area contributed by atoms with E-state index in [1.54, 1.807) is 42.5 Å². The zero-order chi connectivity index (χ0) is 25.7. The SMILES string of the molecule is C=CCN1C(=O)C(=Cc2ccc(Cl)cc2)SC1=NNC(=O)CN1C(=O)C(=Cc2ccccc2)SC1=S. The van der Waals surface area contributed by atoms with E-state index in [2.05, 4.69) is 17.1 Å². The molecule has 2 aromatic rings. The van der Waals surface area contributed by atoms with Crippen molar-refractivity contribution in [2.75, 3.05) is 13.1 Å². The normalized spacial score (nSPS) is 19.1. The van der Waals surface area contributed by atoms with E-state index < -0.39 is 5.91 Å². The van der Waals surface area contributed by atoms with Crippen molar-refractivity contribution >= 4 is 86.7 Å². The third-order valence-electron chi connectivity index (χ3n) is 4.92. The van der Waals surface area contributed by atoms with Crippen LogP contribution in [0.1, 0.15) is 11.1 Å². The van der Waals surface area contributed by atoms with Crippen molar-refractivity contribution in [3.8, 4) is 0 Å². The maximum atomic E-state index is 12.9. The van der Waals surface area contributed by atoms with Gasteiger partial charge >= 0.3 is 0 Å². The molecule has 7 nitrogen and oxygen atoms in total. The van der Waals surface area contributed by atoms with Crippen LogP contribution < -0.4 is 5.43 Å². The number of amides is 3. The van der Waals surface area contributed by atoms with Gasteiger partial charge in [-0.3, -0.25) is 24.2 Å². The third-order valence-corrected chi connectivity index (χ3v) is 7.55. The minimum Gasteiger partial charge on any atom is -0.283 e. The third kappa shape index (κ3) is 6.14. The number of benzene rings is 2. The number of thioether (sulfide) groups is 2. The van der Waals surface area contributed by atoms with Gasteiger partial charge in [0.25, 0.3) is 17.7 Å². The summed E-state index contributed by atoms with van der Waals surface area (Å²) in [6.07, 6.45) is 5.03. The molecule has 36 heavy (non-hydrogen) atoms. The van der Waals surface area contributed by atoms with Crippen LogP contribution in [0.5, 0.6) is 0 Å². The standard InChI is InChI=1S/C25H19ClN4O3S3/c1-2-12-29-22(32)19(14-17-8-10-18(26)11-9-17)35-24(29)28-27-21(31)15-30-23(33)20(36-25(30)34)13-16-6-4-3-5-7-16/h2-11,13-14H,1,12,15H2,(H,27,31). The van der Waals surface area contributed by atoms with Gasteiger partial charge in [-0.2, -0.15) is 0 Å². The molecule has 0 saturated carbocycles. The Morgan fingerprint density at radius 1 is 0.972 bits per heavy atom. The van der Waals surface area contributed by atoms with Gasteiger partial charge in [-0.25, -0.2) is 5.43 Å². The number of hydrogen-bond acceptors (Lipinski definition) is 7. The molecule has 3 amide bonds. The highest BCUT2D eigenvalue weighted by Gasteiger charge is 2.35. The highest BCUT2D eigenvalue weighted by molar-refractivity contribution is 8.26. The van der Waals surface area contributed by atoms with Gasteiger partial charge in [0.2, 0.25) is 0 Å². The molecular formula is C25H19ClN4O3S3. The van der Waals surface area contributed by atoms with Gasteiger partial charge in [0.1, 0.15) is 10.9 Å². The summed E-state index contributed by atoms with van der Waals surface area (Å²) in [5, 5.41) is 5.02. The maximum Gasteiger partial charge on any atom is 0.267 e. The molecule has 0 spiro atoms. The zero-order valence-electron chi connectivity index (χ0n) is 18.7. The van der Waals surface area contributed by atoms with Crippen molar-refractivity contribution in [3.05, 3.63) is 93.2 Å². The lowest BCUT2D eigenvalue weighted by Crippen LogP contribution is -2.39. The average molecular weight is 555 g/mol. The summed E-state index contributed by atoms with van der Waals surface area (Å²) in [4.78, 5) is 41.8. The molecule has 2 aliphatic heterocycles. The van der Waals surface area contributed by atoms with Gasteiger partial charge in [0.05, 0.1) is 9.81 Å². The van der Waals surface area contributed by atoms with Gasteiger partial charge in [-0.05, 0) is 47.2 Å². The summed E-state index contributed by atoms with van der Waals surface area (Å²) in [5.74, 6) is -1.14. The zero-order valence-corrected chi connectivity index (χ0v) is 21.9. The Bertz CT molecular complexity index is 1320. The average Bonchev–Trinajstić information content (AvgIpc) is 3.30. The number of carbonyl (C=O) groups is 3. The first kappa shape index (κ1) is 25.9. The van der Waals surface area contributed by atoms with Crippen LogP contribution in [0.2, 0.25) is 5.02 Å². The Kier molecular flexibility index (Phi) is 8.42. The molecule has 0 atom stereocenters. The molecule has 0 bridgehead atoms. The first-order chi connectivity index (χ1) is 17.4. The molecule has 11 heteroatoms. The Morgan fingerprint density at radius 2 is 1.58 bits per heavy atom. The van der Waals surface area contributed by atoms with Crippen LogP contribution in [0, 0.1) is 0 Å². The number of hydrogen-bond donors (Lipinski definition) is 1. The van der Waals surface area contributed by atoms with Crippen LogP contribution in [0.15, 0.2) is 82.2 Å². The number of rotatable bonds is 7. The largest absolute Gasteiger partial charge is 0.283 e. The molecule has 2 saturated heterocycles. The fraction of sp³-hybridized carbons (Fsp3) is 0.0800. The number of nitrogens with one attached hydrogen (secondary N) is 1. The number of thiocarbonyl (C=S) groups is 1. The predicted molar refractivity (Wildman–Crippen MR) is 151 cm³/mol. The van der Waals surface area contributed by atoms with E-state index in [-0.39, 0.29) is 29.2 Å². The second kappa shape index (κ2) is 11.7. The number of halogens is 1. The van der Waals surface area contributed by atoms with E-state index in [1.165, 1.54) is 9.80 Å².